The van der Waals surface area contributed by atoms with Gasteiger partial charge in [0.05, 0.1) is 21.2 Å². The number of carboxylic acid groups (broad SMARTS) is 1. The molecule has 0 radical (unpaired) electrons. The summed E-state index contributed by atoms with van der Waals surface area (Å²) in [6.45, 7) is 0. The predicted octanol–water partition coefficient (Wildman–Crippen LogP) is 3.07. The molecule has 2 rings (SSSR count). The molecule has 0 bridgehead atoms. The van der Waals surface area contributed by atoms with Crippen molar-refractivity contribution in [1.29, 1.82) is 0 Å². The van der Waals surface area contributed by atoms with Crippen LogP contribution in [0.15, 0.2) is 39.9 Å². The van der Waals surface area contributed by atoms with E-state index in [0.29, 0.717) is 5.56 Å². The van der Waals surface area contributed by atoms with Crippen LogP contribution in [0.25, 0.3) is 0 Å². The van der Waals surface area contributed by atoms with Gasteiger partial charge in [0.2, 0.25) is 0 Å². The molecule has 2 aromatic rings. The van der Waals surface area contributed by atoms with Gasteiger partial charge in [0.1, 0.15) is 0 Å². The summed E-state index contributed by atoms with van der Waals surface area (Å²) in [5, 5.41) is 12.4. The lowest BCUT2D eigenvalue weighted by Crippen LogP contribution is -2.07. The standard InChI is InChI=1S/C12H9ClO4S2/c13-10-2-1-9(12(14)15)5-11(10)19(16,17)7-8-3-4-18-6-8/h1-6H,7H2,(H,14,15). The van der Waals surface area contributed by atoms with Gasteiger partial charge in [-0.05, 0) is 40.6 Å². The molecule has 0 fully saturated rings. The van der Waals surface area contributed by atoms with E-state index in [2.05, 4.69) is 0 Å². The van der Waals surface area contributed by atoms with Crippen molar-refractivity contribution in [2.24, 2.45) is 0 Å². The van der Waals surface area contributed by atoms with Gasteiger partial charge in [-0.1, -0.05) is 11.6 Å². The number of carboxylic acids is 1. The second kappa shape index (κ2) is 5.32. The van der Waals surface area contributed by atoms with E-state index in [0.717, 1.165) is 6.07 Å². The second-order valence-corrected chi connectivity index (χ2v) is 6.99. The molecule has 0 unspecified atom stereocenters. The largest absolute Gasteiger partial charge is 0.478 e. The average molecular weight is 317 g/mol. The fraction of sp³-hybridized carbons (Fsp3) is 0.0833. The topological polar surface area (TPSA) is 71.4 Å². The van der Waals surface area contributed by atoms with Crippen LogP contribution in [0.5, 0.6) is 0 Å². The van der Waals surface area contributed by atoms with Crippen LogP contribution < -0.4 is 0 Å². The zero-order valence-electron chi connectivity index (χ0n) is 9.54. The zero-order chi connectivity index (χ0) is 14.0. The minimum atomic E-state index is -3.66. The maximum atomic E-state index is 12.2. The summed E-state index contributed by atoms with van der Waals surface area (Å²) in [5.41, 5.74) is 0.551. The lowest BCUT2D eigenvalue weighted by atomic mass is 10.2. The van der Waals surface area contributed by atoms with E-state index in [1.165, 1.54) is 23.5 Å². The summed E-state index contributed by atoms with van der Waals surface area (Å²) in [5.74, 6) is -1.39. The molecule has 1 heterocycles. The van der Waals surface area contributed by atoms with E-state index in [-0.39, 0.29) is 21.2 Å². The van der Waals surface area contributed by atoms with Crippen molar-refractivity contribution in [2.75, 3.05) is 0 Å². The summed E-state index contributed by atoms with van der Waals surface area (Å²) in [6.07, 6.45) is 0. The number of halogens is 1. The summed E-state index contributed by atoms with van der Waals surface area (Å²) < 4.78 is 24.4. The molecule has 1 N–H and O–H groups in total. The average Bonchev–Trinajstić information content (AvgIpc) is 2.81. The summed E-state index contributed by atoms with van der Waals surface area (Å²) in [7, 11) is -3.66. The molecule has 7 heteroatoms. The fourth-order valence-electron chi connectivity index (χ4n) is 1.55. The highest BCUT2D eigenvalue weighted by atomic mass is 35.5. The lowest BCUT2D eigenvalue weighted by Gasteiger charge is -2.06. The Balaban J connectivity index is 2.45. The minimum absolute atomic E-state index is 0.0280. The van der Waals surface area contributed by atoms with Gasteiger partial charge in [-0.25, -0.2) is 13.2 Å². The Morgan fingerprint density at radius 2 is 2.05 bits per heavy atom. The third kappa shape index (κ3) is 3.15. The normalized spacial score (nSPS) is 11.4. The quantitative estimate of drug-likeness (QED) is 0.941. The predicted molar refractivity (Wildman–Crippen MR) is 73.6 cm³/mol. The second-order valence-electron chi connectivity index (χ2n) is 3.84. The molecule has 0 atom stereocenters. The highest BCUT2D eigenvalue weighted by Crippen LogP contribution is 2.26. The van der Waals surface area contributed by atoms with Crippen LogP contribution in [-0.4, -0.2) is 19.5 Å². The van der Waals surface area contributed by atoms with Crippen LogP contribution in [-0.2, 0) is 15.6 Å². The van der Waals surface area contributed by atoms with E-state index in [9.17, 15) is 13.2 Å². The Hall–Kier alpha value is -1.37. The number of hydrogen-bond donors (Lipinski definition) is 1. The maximum absolute atomic E-state index is 12.2. The molecule has 0 saturated carbocycles. The van der Waals surface area contributed by atoms with E-state index < -0.39 is 15.8 Å². The molecule has 1 aromatic carbocycles. The maximum Gasteiger partial charge on any atom is 0.335 e. The van der Waals surface area contributed by atoms with Gasteiger partial charge in [0, 0.05) is 0 Å². The molecule has 0 spiro atoms. The van der Waals surface area contributed by atoms with Gasteiger partial charge >= 0.3 is 5.97 Å². The summed E-state index contributed by atoms with van der Waals surface area (Å²) >= 11 is 7.25. The van der Waals surface area contributed by atoms with Gasteiger partial charge in [0.25, 0.3) is 0 Å². The molecule has 0 aliphatic heterocycles. The molecule has 0 aliphatic rings. The van der Waals surface area contributed by atoms with E-state index in [1.807, 2.05) is 0 Å². The number of aromatic carboxylic acids is 1. The Bertz CT molecular complexity index is 705. The van der Waals surface area contributed by atoms with Gasteiger partial charge in [-0.15, -0.1) is 0 Å². The van der Waals surface area contributed by atoms with Crippen molar-refractivity contribution in [1.82, 2.24) is 0 Å². The molecule has 1 aromatic heterocycles. The van der Waals surface area contributed by atoms with Crippen molar-refractivity contribution >= 4 is 38.7 Å². The first kappa shape index (κ1) is 14.0. The Morgan fingerprint density at radius 3 is 2.63 bits per heavy atom. The van der Waals surface area contributed by atoms with Gasteiger partial charge < -0.3 is 5.11 Å². The van der Waals surface area contributed by atoms with E-state index >= 15 is 0 Å². The molecule has 19 heavy (non-hydrogen) atoms. The van der Waals surface area contributed by atoms with Gasteiger partial charge in [-0.3, -0.25) is 0 Å². The monoisotopic (exact) mass is 316 g/mol. The molecule has 0 aliphatic carbocycles. The Labute approximate surface area is 119 Å². The number of carbonyl (C=O) groups is 1. The van der Waals surface area contributed by atoms with E-state index in [1.54, 1.807) is 16.8 Å². The van der Waals surface area contributed by atoms with Gasteiger partial charge in [0.15, 0.2) is 9.84 Å². The first-order valence-corrected chi connectivity index (χ1v) is 8.14. The van der Waals surface area contributed by atoms with Crippen LogP contribution in [0.3, 0.4) is 0 Å². The first-order valence-electron chi connectivity index (χ1n) is 5.17. The van der Waals surface area contributed by atoms with E-state index in [4.69, 9.17) is 16.7 Å². The minimum Gasteiger partial charge on any atom is -0.478 e. The number of benzene rings is 1. The van der Waals surface area contributed by atoms with Crippen molar-refractivity contribution < 1.29 is 18.3 Å². The number of sulfone groups is 1. The summed E-state index contributed by atoms with van der Waals surface area (Å²) in [4.78, 5) is 10.7. The first-order chi connectivity index (χ1) is 8.90. The molecule has 0 amide bonds. The fourth-order valence-corrected chi connectivity index (χ4v) is 4.24. The van der Waals surface area contributed by atoms with Crippen molar-refractivity contribution in [3.8, 4) is 0 Å². The highest BCUT2D eigenvalue weighted by Gasteiger charge is 2.21. The smallest absolute Gasteiger partial charge is 0.335 e. The highest BCUT2D eigenvalue weighted by molar-refractivity contribution is 7.90. The van der Waals surface area contributed by atoms with Crippen molar-refractivity contribution in [3.05, 3.63) is 51.2 Å². The third-order valence-electron chi connectivity index (χ3n) is 2.45. The molecule has 100 valence electrons. The van der Waals surface area contributed by atoms with Crippen LogP contribution in [0.4, 0.5) is 0 Å². The Kier molecular flexibility index (Phi) is 3.93. The lowest BCUT2D eigenvalue weighted by molar-refractivity contribution is 0.0696. The molecular formula is C12H9ClO4S2. The van der Waals surface area contributed by atoms with Crippen LogP contribution in [0.1, 0.15) is 15.9 Å². The molecular weight excluding hydrogens is 308 g/mol. The van der Waals surface area contributed by atoms with Crippen LogP contribution >= 0.6 is 22.9 Å². The number of thiophene rings is 1. The van der Waals surface area contributed by atoms with Crippen LogP contribution in [0, 0.1) is 0 Å². The summed E-state index contributed by atoms with van der Waals surface area (Å²) in [6, 6.07) is 5.35. The third-order valence-corrected chi connectivity index (χ3v) is 5.34. The van der Waals surface area contributed by atoms with Crippen molar-refractivity contribution in [2.45, 2.75) is 10.6 Å². The SMILES string of the molecule is O=C(O)c1ccc(Cl)c(S(=O)(=O)Cc2ccsc2)c1. The Morgan fingerprint density at radius 1 is 1.32 bits per heavy atom. The number of rotatable bonds is 4. The molecule has 0 saturated heterocycles. The van der Waals surface area contributed by atoms with Gasteiger partial charge in [-0.2, -0.15) is 11.3 Å². The van der Waals surface area contributed by atoms with Crippen LogP contribution in [0.2, 0.25) is 5.02 Å². The number of hydrogen-bond acceptors (Lipinski definition) is 4. The zero-order valence-corrected chi connectivity index (χ0v) is 11.9. The van der Waals surface area contributed by atoms with Crippen molar-refractivity contribution in [3.63, 3.8) is 0 Å². The molecule has 4 nitrogen and oxygen atoms in total.